The van der Waals surface area contributed by atoms with E-state index < -0.39 is 21.5 Å². The van der Waals surface area contributed by atoms with Gasteiger partial charge in [-0.3, -0.25) is 9.48 Å². The van der Waals surface area contributed by atoms with E-state index in [4.69, 9.17) is 4.74 Å². The van der Waals surface area contributed by atoms with Crippen LogP contribution in [0.15, 0.2) is 0 Å². The highest BCUT2D eigenvalue weighted by molar-refractivity contribution is 7.91. The topological polar surface area (TPSA) is 94.4 Å². The average molecular weight is 342 g/mol. The molecule has 0 saturated heterocycles. The molecule has 23 heavy (non-hydrogen) atoms. The number of carbonyl (C=O) groups excluding carboxylic acids is 1. The van der Waals surface area contributed by atoms with Crippen LogP contribution in [0.4, 0.5) is 0 Å². The van der Waals surface area contributed by atoms with Crippen LogP contribution in [0, 0.1) is 5.92 Å². The first-order valence-corrected chi connectivity index (χ1v) is 9.84. The van der Waals surface area contributed by atoms with E-state index in [1.807, 2.05) is 7.05 Å². The van der Waals surface area contributed by atoms with Crippen LogP contribution in [0.2, 0.25) is 0 Å². The van der Waals surface area contributed by atoms with Crippen LogP contribution in [0.3, 0.4) is 0 Å². The summed E-state index contributed by atoms with van der Waals surface area (Å²) in [5, 5.41) is 8.20. The van der Waals surface area contributed by atoms with Crippen LogP contribution in [0.1, 0.15) is 30.3 Å². The number of hydrogen-bond donors (Lipinski definition) is 0. The summed E-state index contributed by atoms with van der Waals surface area (Å²) in [6, 6.07) is -0.361. The standard InChI is InChI=1S/C14H22N4O4S/c1-17-11-5-6-18(13(19)9-23(2,20)21)12(14(11)15-16-17)8-22-7-10-3-4-10/h10,12H,3-9H2,1-2H3/t12-/m1/s1. The summed E-state index contributed by atoms with van der Waals surface area (Å²) in [6.45, 7) is 1.47. The second-order valence-corrected chi connectivity index (χ2v) is 8.59. The Morgan fingerprint density at radius 2 is 2.09 bits per heavy atom. The molecule has 1 aliphatic carbocycles. The van der Waals surface area contributed by atoms with Gasteiger partial charge in [-0.05, 0) is 18.8 Å². The monoisotopic (exact) mass is 342 g/mol. The Kier molecular flexibility index (Phi) is 4.41. The molecule has 0 aromatic carbocycles. The molecule has 128 valence electrons. The first-order chi connectivity index (χ1) is 10.8. The molecule has 2 aliphatic rings. The molecule has 1 fully saturated rings. The predicted octanol–water partition coefficient (Wildman–Crippen LogP) is -0.288. The van der Waals surface area contributed by atoms with Gasteiger partial charge in [0.25, 0.3) is 0 Å². The van der Waals surface area contributed by atoms with Crippen LogP contribution in [0.25, 0.3) is 0 Å². The summed E-state index contributed by atoms with van der Waals surface area (Å²) in [7, 11) is -1.54. The van der Waals surface area contributed by atoms with Gasteiger partial charge >= 0.3 is 0 Å². The van der Waals surface area contributed by atoms with Crippen LogP contribution >= 0.6 is 0 Å². The molecular formula is C14H22N4O4S. The lowest BCUT2D eigenvalue weighted by atomic mass is 10.0. The van der Waals surface area contributed by atoms with Crippen molar-refractivity contribution in [1.29, 1.82) is 0 Å². The van der Waals surface area contributed by atoms with Crippen molar-refractivity contribution in [2.45, 2.75) is 25.3 Å². The first kappa shape index (κ1) is 16.4. The lowest BCUT2D eigenvalue weighted by molar-refractivity contribution is -0.133. The first-order valence-electron chi connectivity index (χ1n) is 7.78. The van der Waals surface area contributed by atoms with Crippen molar-refractivity contribution in [3.63, 3.8) is 0 Å². The minimum absolute atomic E-state index is 0.331. The highest BCUT2D eigenvalue weighted by Crippen LogP contribution is 2.31. The highest BCUT2D eigenvalue weighted by Gasteiger charge is 2.36. The number of aromatic nitrogens is 3. The molecule has 1 aromatic heterocycles. The van der Waals surface area contributed by atoms with Gasteiger partial charge < -0.3 is 9.64 Å². The second-order valence-electron chi connectivity index (χ2n) is 6.45. The van der Waals surface area contributed by atoms with Crippen molar-refractivity contribution in [2.24, 2.45) is 13.0 Å². The van der Waals surface area contributed by atoms with E-state index in [0.717, 1.165) is 17.6 Å². The van der Waals surface area contributed by atoms with E-state index in [1.54, 1.807) is 9.58 Å². The number of hydrogen-bond acceptors (Lipinski definition) is 6. The van der Waals surface area contributed by atoms with Gasteiger partial charge in [0.1, 0.15) is 17.5 Å². The molecule has 2 heterocycles. The Balaban J connectivity index is 1.77. The molecule has 0 bridgehead atoms. The smallest absolute Gasteiger partial charge is 0.238 e. The fraction of sp³-hybridized carbons (Fsp3) is 0.786. The summed E-state index contributed by atoms with van der Waals surface area (Å²) < 4.78 is 30.3. The summed E-state index contributed by atoms with van der Waals surface area (Å²) >= 11 is 0. The van der Waals surface area contributed by atoms with Gasteiger partial charge in [-0.15, -0.1) is 5.10 Å². The maximum Gasteiger partial charge on any atom is 0.238 e. The predicted molar refractivity (Wildman–Crippen MR) is 82.4 cm³/mol. The normalized spacial score (nSPS) is 21.3. The number of fused-ring (bicyclic) bond motifs is 1. The van der Waals surface area contributed by atoms with Crippen molar-refractivity contribution in [3.8, 4) is 0 Å². The van der Waals surface area contributed by atoms with Gasteiger partial charge in [0, 0.05) is 32.9 Å². The summed E-state index contributed by atoms with van der Waals surface area (Å²) in [6.07, 6.45) is 4.07. The Labute approximate surface area is 135 Å². The number of ether oxygens (including phenoxy) is 1. The Bertz CT molecular complexity index is 696. The number of aryl methyl sites for hydroxylation is 1. The third-order valence-corrected chi connectivity index (χ3v) is 5.06. The van der Waals surface area contributed by atoms with E-state index in [1.165, 1.54) is 12.8 Å². The minimum atomic E-state index is -3.37. The second kappa shape index (κ2) is 6.20. The number of rotatable bonds is 6. The average Bonchev–Trinajstić information content (AvgIpc) is 3.20. The molecule has 0 unspecified atom stereocenters. The van der Waals surface area contributed by atoms with Gasteiger partial charge in [0.2, 0.25) is 5.91 Å². The summed E-state index contributed by atoms with van der Waals surface area (Å²) in [4.78, 5) is 14.0. The van der Waals surface area contributed by atoms with E-state index in [-0.39, 0.29) is 6.04 Å². The number of amides is 1. The molecule has 0 radical (unpaired) electrons. The van der Waals surface area contributed by atoms with Gasteiger partial charge in [-0.2, -0.15) is 0 Å². The van der Waals surface area contributed by atoms with Crippen molar-refractivity contribution < 1.29 is 17.9 Å². The molecule has 0 spiro atoms. The highest BCUT2D eigenvalue weighted by atomic mass is 32.2. The summed E-state index contributed by atoms with van der Waals surface area (Å²) in [5.41, 5.74) is 1.70. The van der Waals surface area contributed by atoms with Gasteiger partial charge in [0.05, 0.1) is 12.3 Å². The van der Waals surface area contributed by atoms with Crippen LogP contribution < -0.4 is 0 Å². The number of sulfone groups is 1. The van der Waals surface area contributed by atoms with Gasteiger partial charge in [-0.25, -0.2) is 8.42 Å². The molecule has 1 atom stereocenters. The third-order valence-electron chi connectivity index (χ3n) is 4.29. The quantitative estimate of drug-likeness (QED) is 0.705. The van der Waals surface area contributed by atoms with E-state index in [9.17, 15) is 13.2 Å². The van der Waals surface area contributed by atoms with Crippen molar-refractivity contribution >= 4 is 15.7 Å². The van der Waals surface area contributed by atoms with Crippen molar-refractivity contribution in [1.82, 2.24) is 19.9 Å². The maximum atomic E-state index is 12.4. The van der Waals surface area contributed by atoms with Crippen LogP contribution in [0.5, 0.6) is 0 Å². The summed E-state index contributed by atoms with van der Waals surface area (Å²) in [5.74, 6) is -0.259. The Morgan fingerprint density at radius 1 is 1.35 bits per heavy atom. The number of nitrogens with zero attached hydrogens (tertiary/aromatic N) is 4. The third kappa shape index (κ3) is 3.89. The molecule has 1 saturated carbocycles. The lowest BCUT2D eigenvalue weighted by Crippen LogP contribution is -2.44. The van der Waals surface area contributed by atoms with Gasteiger partial charge in [-0.1, -0.05) is 5.21 Å². The Hall–Kier alpha value is -1.48. The Morgan fingerprint density at radius 3 is 2.74 bits per heavy atom. The molecule has 3 rings (SSSR count). The molecule has 8 nitrogen and oxygen atoms in total. The van der Waals surface area contributed by atoms with E-state index in [2.05, 4.69) is 10.3 Å². The molecule has 9 heteroatoms. The number of carbonyl (C=O) groups is 1. The molecule has 1 aliphatic heterocycles. The zero-order valence-electron chi connectivity index (χ0n) is 13.4. The van der Waals surface area contributed by atoms with Gasteiger partial charge in [0.15, 0.2) is 9.84 Å². The zero-order chi connectivity index (χ0) is 16.6. The molecule has 1 amide bonds. The van der Waals surface area contributed by atoms with Crippen molar-refractivity contribution in [3.05, 3.63) is 11.4 Å². The largest absolute Gasteiger partial charge is 0.379 e. The van der Waals surface area contributed by atoms with E-state index in [0.29, 0.717) is 32.1 Å². The fourth-order valence-corrected chi connectivity index (χ4v) is 3.49. The minimum Gasteiger partial charge on any atom is -0.379 e. The van der Waals surface area contributed by atoms with E-state index >= 15 is 0 Å². The van der Waals surface area contributed by atoms with Crippen LogP contribution in [-0.2, 0) is 32.8 Å². The zero-order valence-corrected chi connectivity index (χ0v) is 14.3. The molecule has 0 N–H and O–H groups in total. The maximum absolute atomic E-state index is 12.4. The molecular weight excluding hydrogens is 320 g/mol. The lowest BCUT2D eigenvalue weighted by Gasteiger charge is -2.34. The molecule has 1 aromatic rings. The SMILES string of the molecule is Cn1nnc2c1CCN(C(=O)CS(C)(=O)=O)[C@@H]2COCC1CC1. The van der Waals surface area contributed by atoms with Crippen LogP contribution in [-0.4, -0.2) is 66.0 Å². The fourth-order valence-electron chi connectivity index (χ4n) is 2.88. The van der Waals surface area contributed by atoms with Crippen molar-refractivity contribution in [2.75, 3.05) is 31.8 Å².